The molecule has 0 bridgehead atoms. The number of carbonyl (C=O) groups excluding carboxylic acids is 2. The van der Waals surface area contributed by atoms with Crippen molar-refractivity contribution in [3.05, 3.63) is 78.0 Å². The number of aromatic nitrogens is 2. The summed E-state index contributed by atoms with van der Waals surface area (Å²) in [6, 6.07) is 16.6. The molecule has 0 aliphatic heterocycles. The van der Waals surface area contributed by atoms with Crippen LogP contribution in [0.1, 0.15) is 29.8 Å². The standard InChI is InChI=1S/C23H23N3O4/c1-3-29-19-13-10-17(11-14-19)12-15-21(27)25-22-20(23(28)30-4-2)16-24-26(22)18-8-6-5-7-9-18/h5-16H,3-4H2,1-2H3,(H,25,27)/b15-12+. The fourth-order valence-electron chi connectivity index (χ4n) is 2.76. The number of nitrogens with one attached hydrogen (secondary N) is 1. The molecule has 1 heterocycles. The summed E-state index contributed by atoms with van der Waals surface area (Å²) in [6.45, 7) is 4.45. The number of amides is 1. The van der Waals surface area contributed by atoms with Gasteiger partial charge in [0, 0.05) is 6.08 Å². The van der Waals surface area contributed by atoms with Gasteiger partial charge in [-0.3, -0.25) is 4.79 Å². The Balaban J connectivity index is 1.82. The van der Waals surface area contributed by atoms with E-state index in [0.29, 0.717) is 12.3 Å². The zero-order valence-electron chi connectivity index (χ0n) is 16.9. The third kappa shape index (κ3) is 5.14. The molecule has 0 saturated carbocycles. The molecule has 1 N–H and O–H groups in total. The highest BCUT2D eigenvalue weighted by atomic mass is 16.5. The average molecular weight is 405 g/mol. The lowest BCUT2D eigenvalue weighted by molar-refractivity contribution is -0.111. The number of nitrogens with zero attached hydrogens (tertiary/aromatic N) is 2. The van der Waals surface area contributed by atoms with Gasteiger partial charge >= 0.3 is 5.97 Å². The summed E-state index contributed by atoms with van der Waals surface area (Å²) in [5.74, 6) is 0.0727. The predicted molar refractivity (Wildman–Crippen MR) is 115 cm³/mol. The first-order chi connectivity index (χ1) is 14.6. The highest BCUT2D eigenvalue weighted by Crippen LogP contribution is 2.21. The number of ether oxygens (including phenoxy) is 2. The molecule has 0 aliphatic rings. The number of esters is 1. The molecular weight excluding hydrogens is 382 g/mol. The SMILES string of the molecule is CCOC(=O)c1cnn(-c2ccccc2)c1NC(=O)/C=C/c1ccc(OCC)cc1. The van der Waals surface area contributed by atoms with E-state index in [1.165, 1.54) is 17.0 Å². The van der Waals surface area contributed by atoms with E-state index < -0.39 is 11.9 Å². The minimum atomic E-state index is -0.550. The molecule has 0 aliphatic carbocycles. The molecule has 3 aromatic rings. The first kappa shape index (κ1) is 20.9. The van der Waals surface area contributed by atoms with Gasteiger partial charge in [-0.1, -0.05) is 30.3 Å². The first-order valence-corrected chi connectivity index (χ1v) is 9.64. The largest absolute Gasteiger partial charge is 0.494 e. The molecule has 3 rings (SSSR count). The van der Waals surface area contributed by atoms with Crippen molar-refractivity contribution in [3.8, 4) is 11.4 Å². The van der Waals surface area contributed by atoms with Crippen molar-refractivity contribution >= 4 is 23.8 Å². The highest BCUT2D eigenvalue weighted by Gasteiger charge is 2.20. The maximum absolute atomic E-state index is 12.6. The van der Waals surface area contributed by atoms with Crippen molar-refractivity contribution in [3.63, 3.8) is 0 Å². The zero-order valence-corrected chi connectivity index (χ0v) is 16.9. The predicted octanol–water partition coefficient (Wildman–Crippen LogP) is 4.10. The summed E-state index contributed by atoms with van der Waals surface area (Å²) in [5, 5.41) is 7.00. The van der Waals surface area contributed by atoms with Gasteiger partial charge < -0.3 is 14.8 Å². The quantitative estimate of drug-likeness (QED) is 0.451. The van der Waals surface area contributed by atoms with Gasteiger partial charge in [-0.05, 0) is 49.8 Å². The molecule has 2 aromatic carbocycles. The van der Waals surface area contributed by atoms with E-state index in [4.69, 9.17) is 9.47 Å². The normalized spacial score (nSPS) is 10.7. The van der Waals surface area contributed by atoms with Crippen molar-refractivity contribution in [1.29, 1.82) is 0 Å². The Morgan fingerprint density at radius 1 is 1.03 bits per heavy atom. The molecule has 7 nitrogen and oxygen atoms in total. The van der Waals surface area contributed by atoms with Crippen LogP contribution in [0.25, 0.3) is 11.8 Å². The summed E-state index contributed by atoms with van der Waals surface area (Å²) < 4.78 is 12.0. The molecule has 30 heavy (non-hydrogen) atoms. The van der Waals surface area contributed by atoms with E-state index >= 15 is 0 Å². The minimum Gasteiger partial charge on any atom is -0.494 e. The van der Waals surface area contributed by atoms with Crippen molar-refractivity contribution in [2.75, 3.05) is 18.5 Å². The van der Waals surface area contributed by atoms with Crippen LogP contribution in [0.4, 0.5) is 5.82 Å². The topological polar surface area (TPSA) is 82.5 Å². The number of anilines is 1. The number of hydrogen-bond acceptors (Lipinski definition) is 5. The van der Waals surface area contributed by atoms with Gasteiger partial charge in [0.05, 0.1) is 25.1 Å². The Kier molecular flexibility index (Phi) is 7.00. The lowest BCUT2D eigenvalue weighted by Crippen LogP contribution is -2.16. The number of hydrogen-bond donors (Lipinski definition) is 1. The molecule has 0 radical (unpaired) electrons. The lowest BCUT2D eigenvalue weighted by atomic mass is 10.2. The van der Waals surface area contributed by atoms with E-state index in [1.54, 1.807) is 13.0 Å². The molecule has 0 unspecified atom stereocenters. The van der Waals surface area contributed by atoms with Crippen molar-refractivity contribution in [2.45, 2.75) is 13.8 Å². The molecule has 154 valence electrons. The van der Waals surface area contributed by atoms with Gasteiger partial charge in [-0.15, -0.1) is 0 Å². The van der Waals surface area contributed by atoms with E-state index in [1.807, 2.05) is 61.5 Å². The van der Waals surface area contributed by atoms with Crippen LogP contribution in [-0.4, -0.2) is 34.9 Å². The number of carbonyl (C=O) groups is 2. The summed E-state index contributed by atoms with van der Waals surface area (Å²) in [4.78, 5) is 24.9. The fourth-order valence-corrected chi connectivity index (χ4v) is 2.76. The molecule has 1 aromatic heterocycles. The van der Waals surface area contributed by atoms with E-state index in [2.05, 4.69) is 10.4 Å². The van der Waals surface area contributed by atoms with Gasteiger partial charge in [0.25, 0.3) is 0 Å². The molecule has 0 fully saturated rings. The highest BCUT2D eigenvalue weighted by molar-refractivity contribution is 6.05. The van der Waals surface area contributed by atoms with Gasteiger partial charge in [0.1, 0.15) is 11.3 Å². The summed E-state index contributed by atoms with van der Waals surface area (Å²) in [6.07, 6.45) is 4.46. The molecule has 1 amide bonds. The Labute approximate surface area is 174 Å². The van der Waals surface area contributed by atoms with Crippen LogP contribution >= 0.6 is 0 Å². The van der Waals surface area contributed by atoms with Crippen LogP contribution < -0.4 is 10.1 Å². The van der Waals surface area contributed by atoms with Crippen LogP contribution in [0.3, 0.4) is 0 Å². The van der Waals surface area contributed by atoms with Gasteiger partial charge in [0.2, 0.25) is 5.91 Å². The Bertz CT molecular complexity index is 1020. The maximum atomic E-state index is 12.6. The Hall–Kier alpha value is -3.87. The number of benzene rings is 2. The van der Waals surface area contributed by atoms with E-state index in [0.717, 1.165) is 11.3 Å². The van der Waals surface area contributed by atoms with E-state index in [-0.39, 0.29) is 18.0 Å². The van der Waals surface area contributed by atoms with Crippen LogP contribution in [0.2, 0.25) is 0 Å². The second kappa shape index (κ2) is 10.1. The first-order valence-electron chi connectivity index (χ1n) is 9.64. The lowest BCUT2D eigenvalue weighted by Gasteiger charge is -2.10. The summed E-state index contributed by atoms with van der Waals surface area (Å²) in [7, 11) is 0. The smallest absolute Gasteiger partial charge is 0.343 e. The number of rotatable bonds is 8. The zero-order chi connectivity index (χ0) is 21.3. The van der Waals surface area contributed by atoms with Crippen LogP contribution in [0, 0.1) is 0 Å². The molecular formula is C23H23N3O4. The number of para-hydroxylation sites is 1. The van der Waals surface area contributed by atoms with E-state index in [9.17, 15) is 9.59 Å². The van der Waals surface area contributed by atoms with Crippen LogP contribution in [0.5, 0.6) is 5.75 Å². The summed E-state index contributed by atoms with van der Waals surface area (Å²) >= 11 is 0. The average Bonchev–Trinajstić information content (AvgIpc) is 3.18. The Morgan fingerprint density at radius 3 is 2.43 bits per heavy atom. The molecule has 0 atom stereocenters. The molecule has 0 spiro atoms. The van der Waals surface area contributed by atoms with Gasteiger partial charge in [0.15, 0.2) is 5.82 Å². The van der Waals surface area contributed by atoms with Crippen molar-refractivity contribution in [2.24, 2.45) is 0 Å². The molecule has 7 heteroatoms. The monoisotopic (exact) mass is 405 g/mol. The van der Waals surface area contributed by atoms with Crippen LogP contribution in [0.15, 0.2) is 66.9 Å². The third-order valence-corrected chi connectivity index (χ3v) is 4.13. The van der Waals surface area contributed by atoms with Crippen molar-refractivity contribution < 1.29 is 19.1 Å². The minimum absolute atomic E-state index is 0.184. The second-order valence-corrected chi connectivity index (χ2v) is 6.20. The van der Waals surface area contributed by atoms with Crippen LogP contribution in [-0.2, 0) is 9.53 Å². The van der Waals surface area contributed by atoms with Crippen molar-refractivity contribution in [1.82, 2.24) is 9.78 Å². The molecule has 0 saturated heterocycles. The summed E-state index contributed by atoms with van der Waals surface area (Å²) in [5.41, 5.74) is 1.73. The van der Waals surface area contributed by atoms with Gasteiger partial charge in [-0.2, -0.15) is 5.10 Å². The third-order valence-electron chi connectivity index (χ3n) is 4.13. The second-order valence-electron chi connectivity index (χ2n) is 6.20. The Morgan fingerprint density at radius 2 is 1.77 bits per heavy atom. The fraction of sp³-hybridized carbons (Fsp3) is 0.174. The maximum Gasteiger partial charge on any atom is 0.343 e. The van der Waals surface area contributed by atoms with Gasteiger partial charge in [-0.25, -0.2) is 9.48 Å².